The van der Waals surface area contributed by atoms with E-state index in [0.29, 0.717) is 16.5 Å². The van der Waals surface area contributed by atoms with Crippen molar-refractivity contribution in [2.24, 2.45) is 0 Å². The smallest absolute Gasteiger partial charge is 0.111 e. The molecule has 5 heteroatoms. The van der Waals surface area contributed by atoms with Crippen molar-refractivity contribution in [1.82, 2.24) is 9.97 Å². The molecule has 2 aromatic heterocycles. The fourth-order valence-corrected chi connectivity index (χ4v) is 3.27. The van der Waals surface area contributed by atoms with E-state index < -0.39 is 0 Å². The van der Waals surface area contributed by atoms with Crippen LogP contribution < -0.4 is 0 Å². The number of imidazole rings is 1. The Balaban J connectivity index is 1.92. The number of aryl methyl sites for hydroxylation is 1. The predicted octanol–water partition coefficient (Wildman–Crippen LogP) is 5.34. The number of H-pyrrole nitrogens is 1. The molecule has 0 aliphatic rings. The number of aromatic nitrogens is 2. The average molecular weight is 323 g/mol. The molecule has 0 aliphatic heterocycles. The molecule has 3 aromatic rings. The number of benzene rings is 1. The van der Waals surface area contributed by atoms with Gasteiger partial charge in [-0.25, -0.2) is 4.98 Å². The highest BCUT2D eigenvalue weighted by Gasteiger charge is 2.11. The number of aromatic amines is 1. The minimum absolute atomic E-state index is 0.644. The van der Waals surface area contributed by atoms with Crippen LogP contribution in [0.2, 0.25) is 10.0 Å². The van der Waals surface area contributed by atoms with Crippen molar-refractivity contribution in [2.75, 3.05) is 0 Å². The molecule has 0 saturated carbocycles. The van der Waals surface area contributed by atoms with Crippen LogP contribution in [0.25, 0.3) is 10.6 Å². The van der Waals surface area contributed by atoms with Gasteiger partial charge in [0.2, 0.25) is 0 Å². The largest absolute Gasteiger partial charge is 0.345 e. The molecule has 1 aromatic carbocycles. The predicted molar refractivity (Wildman–Crippen MR) is 85.9 cm³/mol. The Morgan fingerprint density at radius 2 is 2.10 bits per heavy atom. The van der Waals surface area contributed by atoms with Crippen LogP contribution in [0.5, 0.6) is 0 Å². The van der Waals surface area contributed by atoms with Crippen molar-refractivity contribution < 1.29 is 0 Å². The maximum atomic E-state index is 6.19. The third-order valence-corrected chi connectivity index (χ3v) is 4.53. The van der Waals surface area contributed by atoms with E-state index in [1.54, 1.807) is 17.4 Å². The second-order valence-electron chi connectivity index (χ2n) is 4.55. The first-order valence-corrected chi connectivity index (χ1v) is 7.80. The number of thiophene rings is 1. The minimum Gasteiger partial charge on any atom is -0.345 e. The Morgan fingerprint density at radius 1 is 1.25 bits per heavy atom. The number of hydrogen-bond acceptors (Lipinski definition) is 2. The molecule has 0 radical (unpaired) electrons. The van der Waals surface area contributed by atoms with E-state index in [9.17, 15) is 0 Å². The van der Waals surface area contributed by atoms with Crippen LogP contribution in [0.1, 0.15) is 17.1 Å². The third-order valence-electron chi connectivity index (χ3n) is 3.05. The van der Waals surface area contributed by atoms with Crippen molar-refractivity contribution in [3.8, 4) is 10.6 Å². The van der Waals surface area contributed by atoms with E-state index in [1.807, 2.05) is 25.1 Å². The Bertz CT molecular complexity index is 732. The summed E-state index contributed by atoms with van der Waals surface area (Å²) in [6, 6.07) is 9.59. The lowest BCUT2D eigenvalue weighted by atomic mass is 10.1. The summed E-state index contributed by atoms with van der Waals surface area (Å²) in [6.45, 7) is 2.03. The molecule has 2 heterocycles. The van der Waals surface area contributed by atoms with Gasteiger partial charge >= 0.3 is 0 Å². The molecule has 0 unspecified atom stereocenters. The Morgan fingerprint density at radius 3 is 2.85 bits per heavy atom. The SMILES string of the molecule is Cc1[nH]c(Cc2cc(Cl)ccc2Cl)nc1-c1cccs1. The van der Waals surface area contributed by atoms with Gasteiger partial charge in [-0.1, -0.05) is 29.3 Å². The summed E-state index contributed by atoms with van der Waals surface area (Å²) in [4.78, 5) is 9.16. The average Bonchev–Trinajstić information content (AvgIpc) is 3.03. The molecular formula is C15H12Cl2N2S. The Hall–Kier alpha value is -1.29. The van der Waals surface area contributed by atoms with Crippen molar-refractivity contribution >= 4 is 34.5 Å². The highest BCUT2D eigenvalue weighted by Crippen LogP contribution is 2.28. The number of nitrogens with zero attached hydrogens (tertiary/aromatic N) is 1. The second kappa shape index (κ2) is 5.60. The molecule has 3 rings (SSSR count). The van der Waals surface area contributed by atoms with Crippen molar-refractivity contribution in [1.29, 1.82) is 0 Å². The number of rotatable bonds is 3. The van der Waals surface area contributed by atoms with Crippen LogP contribution in [0.3, 0.4) is 0 Å². The van der Waals surface area contributed by atoms with E-state index in [-0.39, 0.29) is 0 Å². The van der Waals surface area contributed by atoms with Crippen LogP contribution in [-0.2, 0) is 6.42 Å². The Kier molecular flexibility index (Phi) is 3.83. The first-order chi connectivity index (χ1) is 9.63. The summed E-state index contributed by atoms with van der Waals surface area (Å²) in [7, 11) is 0. The van der Waals surface area contributed by atoms with Crippen LogP contribution in [0.4, 0.5) is 0 Å². The van der Waals surface area contributed by atoms with Crippen molar-refractivity contribution in [2.45, 2.75) is 13.3 Å². The van der Waals surface area contributed by atoms with E-state index in [0.717, 1.165) is 22.8 Å². The fourth-order valence-electron chi connectivity index (χ4n) is 2.12. The van der Waals surface area contributed by atoms with Gasteiger partial charge in [0.25, 0.3) is 0 Å². The molecule has 102 valence electrons. The third kappa shape index (κ3) is 2.75. The van der Waals surface area contributed by atoms with E-state index >= 15 is 0 Å². The summed E-state index contributed by atoms with van der Waals surface area (Å²) >= 11 is 13.9. The monoisotopic (exact) mass is 322 g/mol. The summed E-state index contributed by atoms with van der Waals surface area (Å²) < 4.78 is 0. The molecule has 0 bridgehead atoms. The Labute approximate surface area is 131 Å². The van der Waals surface area contributed by atoms with E-state index in [4.69, 9.17) is 23.2 Å². The zero-order chi connectivity index (χ0) is 14.1. The number of halogens is 2. The molecule has 1 N–H and O–H groups in total. The zero-order valence-electron chi connectivity index (χ0n) is 10.8. The van der Waals surface area contributed by atoms with Gasteiger partial charge in [0.15, 0.2) is 0 Å². The summed E-state index contributed by atoms with van der Waals surface area (Å²) in [5.74, 6) is 0.898. The summed E-state index contributed by atoms with van der Waals surface area (Å²) in [6.07, 6.45) is 0.644. The molecule has 0 amide bonds. The minimum atomic E-state index is 0.644. The first-order valence-electron chi connectivity index (χ1n) is 6.17. The van der Waals surface area contributed by atoms with Crippen LogP contribution >= 0.6 is 34.5 Å². The molecule has 0 spiro atoms. The van der Waals surface area contributed by atoms with Crippen molar-refractivity contribution in [3.05, 3.63) is 62.8 Å². The van der Waals surface area contributed by atoms with Gasteiger partial charge in [0.05, 0.1) is 4.88 Å². The van der Waals surface area contributed by atoms with Gasteiger partial charge in [-0.05, 0) is 42.1 Å². The normalized spacial score (nSPS) is 10.9. The lowest BCUT2D eigenvalue weighted by molar-refractivity contribution is 1.02. The molecule has 2 nitrogen and oxygen atoms in total. The number of hydrogen-bond donors (Lipinski definition) is 1. The van der Waals surface area contributed by atoms with E-state index in [1.165, 1.54) is 4.88 Å². The van der Waals surface area contributed by atoms with Gasteiger partial charge in [0.1, 0.15) is 11.5 Å². The zero-order valence-corrected chi connectivity index (χ0v) is 13.1. The fraction of sp³-hybridized carbons (Fsp3) is 0.133. The van der Waals surface area contributed by atoms with Gasteiger partial charge in [-0.2, -0.15) is 0 Å². The molecule has 0 saturated heterocycles. The summed E-state index contributed by atoms with van der Waals surface area (Å²) in [5.41, 5.74) is 3.05. The second-order valence-corrected chi connectivity index (χ2v) is 6.34. The highest BCUT2D eigenvalue weighted by molar-refractivity contribution is 7.13. The van der Waals surface area contributed by atoms with Gasteiger partial charge in [0, 0.05) is 22.2 Å². The van der Waals surface area contributed by atoms with Crippen LogP contribution in [0, 0.1) is 6.92 Å². The van der Waals surface area contributed by atoms with Gasteiger partial charge < -0.3 is 4.98 Å². The topological polar surface area (TPSA) is 28.7 Å². The lowest BCUT2D eigenvalue weighted by Gasteiger charge is -2.02. The van der Waals surface area contributed by atoms with E-state index in [2.05, 4.69) is 21.4 Å². The summed E-state index contributed by atoms with van der Waals surface area (Å²) in [5, 5.41) is 3.45. The van der Waals surface area contributed by atoms with Crippen molar-refractivity contribution in [3.63, 3.8) is 0 Å². The quantitative estimate of drug-likeness (QED) is 0.692. The van der Waals surface area contributed by atoms with Gasteiger partial charge in [-0.3, -0.25) is 0 Å². The maximum absolute atomic E-state index is 6.19. The molecule has 0 fully saturated rings. The standard InChI is InChI=1S/C15H12Cl2N2S/c1-9-15(13-3-2-6-20-13)19-14(18-9)8-10-7-11(16)4-5-12(10)17/h2-7H,8H2,1H3,(H,18,19). The molecule has 20 heavy (non-hydrogen) atoms. The molecule has 0 atom stereocenters. The highest BCUT2D eigenvalue weighted by atomic mass is 35.5. The number of nitrogens with one attached hydrogen (secondary N) is 1. The first kappa shape index (κ1) is 13.7. The lowest BCUT2D eigenvalue weighted by Crippen LogP contribution is -1.92. The van der Waals surface area contributed by atoms with Crippen LogP contribution in [0.15, 0.2) is 35.7 Å². The molecular weight excluding hydrogens is 311 g/mol. The van der Waals surface area contributed by atoms with Gasteiger partial charge in [-0.15, -0.1) is 11.3 Å². The van der Waals surface area contributed by atoms with Crippen LogP contribution in [-0.4, -0.2) is 9.97 Å². The maximum Gasteiger partial charge on any atom is 0.111 e. The molecule has 0 aliphatic carbocycles.